The molecule has 0 radical (unpaired) electrons. The first-order valence-electron chi connectivity index (χ1n) is 9.13. The van der Waals surface area contributed by atoms with E-state index < -0.39 is 15.9 Å². The summed E-state index contributed by atoms with van der Waals surface area (Å²) in [4.78, 5) is 13.5. The number of hydrazone groups is 1. The van der Waals surface area contributed by atoms with Gasteiger partial charge < -0.3 is 4.74 Å². The van der Waals surface area contributed by atoms with Gasteiger partial charge >= 0.3 is 0 Å². The summed E-state index contributed by atoms with van der Waals surface area (Å²) >= 11 is 1.51. The van der Waals surface area contributed by atoms with Gasteiger partial charge in [-0.05, 0) is 67.3 Å². The third kappa shape index (κ3) is 5.25. The lowest BCUT2D eigenvalue weighted by Crippen LogP contribution is -2.21. The van der Waals surface area contributed by atoms with Crippen LogP contribution in [0.5, 0.6) is 5.75 Å². The molecule has 0 spiro atoms. The number of nitrogens with one attached hydrogen (secondary N) is 2. The number of carbonyl (C=O) groups is 1. The van der Waals surface area contributed by atoms with Crippen molar-refractivity contribution < 1.29 is 17.9 Å². The highest BCUT2D eigenvalue weighted by molar-refractivity contribution is 7.92. The first-order chi connectivity index (χ1) is 14.4. The molecule has 0 aliphatic heterocycles. The molecule has 0 aliphatic rings. The maximum absolute atomic E-state index is 12.7. The van der Waals surface area contributed by atoms with Gasteiger partial charge in [0.25, 0.3) is 15.9 Å². The molecule has 3 aromatic rings. The summed E-state index contributed by atoms with van der Waals surface area (Å²) in [7, 11) is -3.88. The number of sulfonamides is 1. The third-order valence-electron chi connectivity index (χ3n) is 4.11. The van der Waals surface area contributed by atoms with Crippen LogP contribution in [0.15, 0.2) is 70.0 Å². The number of nitrogens with zero attached hydrogens (tertiary/aromatic N) is 1. The third-order valence-corrected chi connectivity index (χ3v) is 6.45. The molecule has 2 N–H and O–H groups in total. The summed E-state index contributed by atoms with van der Waals surface area (Å²) in [6.07, 6.45) is 1.56. The predicted molar refractivity (Wildman–Crippen MR) is 119 cm³/mol. The van der Waals surface area contributed by atoms with E-state index in [9.17, 15) is 13.2 Å². The number of thiophene rings is 1. The largest absolute Gasteiger partial charge is 0.494 e. The molecule has 1 heterocycles. The predicted octanol–water partition coefficient (Wildman–Crippen LogP) is 4.02. The van der Waals surface area contributed by atoms with Crippen LogP contribution in [0.1, 0.15) is 27.7 Å². The number of hydrogen-bond donors (Lipinski definition) is 2. The van der Waals surface area contributed by atoms with Crippen molar-refractivity contribution in [3.8, 4) is 5.75 Å². The Hall–Kier alpha value is -3.17. The molecular formula is C21H21N3O4S2. The number of para-hydroxylation sites is 1. The van der Waals surface area contributed by atoms with E-state index in [4.69, 9.17) is 4.74 Å². The van der Waals surface area contributed by atoms with Gasteiger partial charge in [-0.1, -0.05) is 12.1 Å². The molecule has 0 saturated heterocycles. The molecule has 2 aromatic carbocycles. The van der Waals surface area contributed by atoms with Crippen molar-refractivity contribution >= 4 is 39.2 Å². The summed E-state index contributed by atoms with van der Waals surface area (Å²) in [5.41, 5.74) is 3.81. The number of amides is 1. The zero-order valence-electron chi connectivity index (χ0n) is 16.5. The van der Waals surface area contributed by atoms with E-state index in [2.05, 4.69) is 15.2 Å². The van der Waals surface area contributed by atoms with Crippen LogP contribution in [0, 0.1) is 6.92 Å². The van der Waals surface area contributed by atoms with Gasteiger partial charge in [-0.3, -0.25) is 9.52 Å². The molecule has 0 atom stereocenters. The molecule has 0 bridgehead atoms. The van der Waals surface area contributed by atoms with Crippen LogP contribution in [0.4, 0.5) is 5.69 Å². The Morgan fingerprint density at radius 1 is 1.13 bits per heavy atom. The molecule has 0 saturated carbocycles. The number of anilines is 1. The van der Waals surface area contributed by atoms with Gasteiger partial charge in [0.05, 0.1) is 29.0 Å². The van der Waals surface area contributed by atoms with Gasteiger partial charge in [-0.15, -0.1) is 11.3 Å². The molecule has 7 nitrogen and oxygen atoms in total. The molecular weight excluding hydrogens is 422 g/mol. The Morgan fingerprint density at radius 2 is 1.87 bits per heavy atom. The maximum atomic E-state index is 12.7. The second-order valence-electron chi connectivity index (χ2n) is 6.22. The van der Waals surface area contributed by atoms with Crippen LogP contribution in [0.25, 0.3) is 0 Å². The second-order valence-corrected chi connectivity index (χ2v) is 8.85. The van der Waals surface area contributed by atoms with Gasteiger partial charge in [-0.25, -0.2) is 13.8 Å². The summed E-state index contributed by atoms with van der Waals surface area (Å²) in [6, 6.07) is 14.4. The summed E-state index contributed by atoms with van der Waals surface area (Å²) in [5, 5.41) is 5.90. The molecule has 0 aliphatic carbocycles. The maximum Gasteiger partial charge on any atom is 0.273 e. The normalized spacial score (nSPS) is 11.4. The SMILES string of the molecule is CCOc1ccc(S(=O)(=O)Nc2ccccc2C(=O)NN=Cc2sccc2C)cc1. The van der Waals surface area contributed by atoms with Crippen molar-refractivity contribution in [3.05, 3.63) is 76.0 Å². The van der Waals surface area contributed by atoms with E-state index in [-0.39, 0.29) is 16.1 Å². The van der Waals surface area contributed by atoms with Crippen molar-refractivity contribution in [3.63, 3.8) is 0 Å². The molecule has 0 unspecified atom stereocenters. The summed E-state index contributed by atoms with van der Waals surface area (Å²) < 4.78 is 33.3. The van der Waals surface area contributed by atoms with E-state index in [1.54, 1.807) is 30.5 Å². The van der Waals surface area contributed by atoms with Gasteiger partial charge in [0.1, 0.15) is 5.75 Å². The quantitative estimate of drug-likeness (QED) is 0.406. The standard InChI is InChI=1S/C21H21N3O4S2/c1-3-28-16-8-10-17(11-9-16)30(26,27)24-19-7-5-4-6-18(19)21(25)23-22-14-20-15(2)12-13-29-20/h4-14,24H,3H2,1-2H3,(H,23,25). The number of ether oxygens (including phenoxy) is 1. The lowest BCUT2D eigenvalue weighted by atomic mass is 10.2. The molecule has 1 aromatic heterocycles. The van der Waals surface area contributed by atoms with E-state index in [1.165, 1.54) is 35.6 Å². The van der Waals surface area contributed by atoms with Gasteiger partial charge in [0, 0.05) is 4.88 Å². The van der Waals surface area contributed by atoms with Crippen LogP contribution in [-0.4, -0.2) is 27.1 Å². The van der Waals surface area contributed by atoms with Crippen LogP contribution < -0.4 is 14.9 Å². The Morgan fingerprint density at radius 3 is 2.53 bits per heavy atom. The number of benzene rings is 2. The first kappa shape index (κ1) is 21.5. The average Bonchev–Trinajstić information content (AvgIpc) is 3.13. The second kappa shape index (κ2) is 9.55. The highest BCUT2D eigenvalue weighted by Crippen LogP contribution is 2.22. The molecule has 1 amide bonds. The Labute approximate surface area is 179 Å². The molecule has 9 heteroatoms. The lowest BCUT2D eigenvalue weighted by molar-refractivity contribution is 0.0956. The molecule has 156 valence electrons. The molecule has 3 rings (SSSR count). The van der Waals surface area contributed by atoms with E-state index in [1.807, 2.05) is 25.3 Å². The Bertz CT molecular complexity index is 1150. The molecule has 30 heavy (non-hydrogen) atoms. The van der Waals surface area contributed by atoms with Crippen LogP contribution in [0.2, 0.25) is 0 Å². The highest BCUT2D eigenvalue weighted by atomic mass is 32.2. The monoisotopic (exact) mass is 443 g/mol. The zero-order valence-corrected chi connectivity index (χ0v) is 18.1. The smallest absolute Gasteiger partial charge is 0.273 e. The van der Waals surface area contributed by atoms with Crippen molar-refractivity contribution in [2.24, 2.45) is 5.10 Å². The fourth-order valence-corrected chi connectivity index (χ4v) is 4.45. The summed E-state index contributed by atoms with van der Waals surface area (Å²) in [5.74, 6) is 0.0560. The van der Waals surface area contributed by atoms with Crippen LogP contribution >= 0.6 is 11.3 Å². The summed E-state index contributed by atoms with van der Waals surface area (Å²) in [6.45, 7) is 4.28. The number of rotatable bonds is 8. The van der Waals surface area contributed by atoms with Gasteiger partial charge in [-0.2, -0.15) is 5.10 Å². The van der Waals surface area contributed by atoms with Gasteiger partial charge in [0.2, 0.25) is 0 Å². The number of aryl methyl sites for hydroxylation is 1. The lowest BCUT2D eigenvalue weighted by Gasteiger charge is -2.12. The number of carbonyl (C=O) groups excluding carboxylic acids is 1. The van der Waals surface area contributed by atoms with Gasteiger partial charge in [0.15, 0.2) is 0 Å². The minimum absolute atomic E-state index is 0.0624. The van der Waals surface area contributed by atoms with E-state index >= 15 is 0 Å². The fraction of sp³-hybridized carbons (Fsp3) is 0.143. The highest BCUT2D eigenvalue weighted by Gasteiger charge is 2.18. The zero-order chi connectivity index (χ0) is 21.6. The van der Waals surface area contributed by atoms with Crippen molar-refractivity contribution in [1.82, 2.24) is 5.43 Å². The minimum Gasteiger partial charge on any atom is -0.494 e. The minimum atomic E-state index is -3.88. The van der Waals surface area contributed by atoms with Crippen molar-refractivity contribution in [2.45, 2.75) is 18.7 Å². The first-order valence-corrected chi connectivity index (χ1v) is 11.5. The Kier molecular flexibility index (Phi) is 6.86. The van der Waals surface area contributed by atoms with Crippen LogP contribution in [-0.2, 0) is 10.0 Å². The van der Waals surface area contributed by atoms with Crippen molar-refractivity contribution in [1.29, 1.82) is 0 Å². The average molecular weight is 444 g/mol. The number of hydrogen-bond acceptors (Lipinski definition) is 6. The van der Waals surface area contributed by atoms with Crippen molar-refractivity contribution in [2.75, 3.05) is 11.3 Å². The topological polar surface area (TPSA) is 96.9 Å². The Balaban J connectivity index is 1.76. The molecule has 0 fully saturated rings. The van der Waals surface area contributed by atoms with E-state index in [0.717, 1.165) is 10.4 Å². The van der Waals surface area contributed by atoms with E-state index in [0.29, 0.717) is 12.4 Å². The van der Waals surface area contributed by atoms with Crippen LogP contribution in [0.3, 0.4) is 0 Å². The fourth-order valence-electron chi connectivity index (χ4n) is 2.58.